The molecule has 0 aliphatic rings. The molecule has 3 nitrogen and oxygen atoms in total. The summed E-state index contributed by atoms with van der Waals surface area (Å²) in [5.41, 5.74) is 2.56. The van der Waals surface area contributed by atoms with Crippen LogP contribution in [0.4, 0.5) is 0 Å². The highest BCUT2D eigenvalue weighted by atomic mass is 32.1. The zero-order chi connectivity index (χ0) is 13.0. The van der Waals surface area contributed by atoms with Crippen LogP contribution < -0.4 is 5.32 Å². The highest BCUT2D eigenvalue weighted by Crippen LogP contribution is 2.26. The molecule has 0 radical (unpaired) electrons. The van der Waals surface area contributed by atoms with Gasteiger partial charge < -0.3 is 5.32 Å². The van der Waals surface area contributed by atoms with E-state index >= 15 is 0 Å². The lowest BCUT2D eigenvalue weighted by molar-refractivity contribution is 0.357. The normalized spacial score (nSPS) is 11.9. The Morgan fingerprint density at radius 3 is 2.94 bits per heavy atom. The first-order valence-corrected chi connectivity index (χ1v) is 7.31. The lowest BCUT2D eigenvalue weighted by atomic mass is 9.98. The monoisotopic (exact) mass is 263 g/mol. The lowest BCUT2D eigenvalue weighted by Crippen LogP contribution is -2.38. The van der Waals surface area contributed by atoms with Crippen molar-refractivity contribution in [2.75, 3.05) is 0 Å². The van der Waals surface area contributed by atoms with Gasteiger partial charge in [-0.25, -0.2) is 0 Å². The number of thiophene rings is 1. The van der Waals surface area contributed by atoms with E-state index in [-0.39, 0.29) is 5.54 Å². The van der Waals surface area contributed by atoms with E-state index in [1.165, 1.54) is 23.3 Å². The van der Waals surface area contributed by atoms with E-state index in [4.69, 9.17) is 0 Å². The van der Waals surface area contributed by atoms with Gasteiger partial charge in [0.1, 0.15) is 0 Å². The zero-order valence-electron chi connectivity index (χ0n) is 11.3. The first kappa shape index (κ1) is 13.3. The van der Waals surface area contributed by atoms with Gasteiger partial charge in [-0.05, 0) is 31.7 Å². The molecule has 0 saturated heterocycles. The SMILES string of the molecule is CCCC(C)(C)NCc1cn[nH]c1-c1cccs1. The van der Waals surface area contributed by atoms with Crippen molar-refractivity contribution in [1.82, 2.24) is 15.5 Å². The Balaban J connectivity index is 2.05. The largest absolute Gasteiger partial charge is 0.308 e. The number of hydrogen-bond acceptors (Lipinski definition) is 3. The summed E-state index contributed by atoms with van der Waals surface area (Å²) in [7, 11) is 0. The molecule has 0 unspecified atom stereocenters. The molecular weight excluding hydrogens is 242 g/mol. The summed E-state index contributed by atoms with van der Waals surface area (Å²) >= 11 is 1.74. The number of hydrogen-bond donors (Lipinski definition) is 2. The Morgan fingerprint density at radius 2 is 2.28 bits per heavy atom. The molecule has 0 bridgehead atoms. The van der Waals surface area contributed by atoms with E-state index < -0.39 is 0 Å². The summed E-state index contributed by atoms with van der Waals surface area (Å²) in [6, 6.07) is 4.19. The molecule has 98 valence electrons. The molecule has 2 N–H and O–H groups in total. The zero-order valence-corrected chi connectivity index (χ0v) is 12.1. The predicted molar refractivity (Wildman–Crippen MR) is 77.7 cm³/mol. The van der Waals surface area contributed by atoms with Crippen LogP contribution in [0.3, 0.4) is 0 Å². The fraction of sp³-hybridized carbons (Fsp3) is 0.500. The number of nitrogens with one attached hydrogen (secondary N) is 2. The van der Waals surface area contributed by atoms with Gasteiger partial charge in [0.25, 0.3) is 0 Å². The van der Waals surface area contributed by atoms with Gasteiger partial charge in [-0.15, -0.1) is 11.3 Å². The maximum atomic E-state index is 4.17. The Kier molecular flexibility index (Phi) is 4.19. The minimum atomic E-state index is 0.179. The third-order valence-corrected chi connectivity index (χ3v) is 4.01. The van der Waals surface area contributed by atoms with E-state index in [1.807, 2.05) is 6.20 Å². The van der Waals surface area contributed by atoms with Crippen LogP contribution in [-0.2, 0) is 6.54 Å². The van der Waals surface area contributed by atoms with Crippen LogP contribution in [0.1, 0.15) is 39.2 Å². The molecule has 0 amide bonds. The second-order valence-corrected chi connectivity index (χ2v) is 6.18. The quantitative estimate of drug-likeness (QED) is 0.832. The number of aromatic nitrogens is 2. The minimum Gasteiger partial charge on any atom is -0.308 e. The third kappa shape index (κ3) is 3.21. The average Bonchev–Trinajstić information content (AvgIpc) is 2.97. The molecule has 0 aliphatic carbocycles. The van der Waals surface area contributed by atoms with Gasteiger partial charge in [0.2, 0.25) is 0 Å². The summed E-state index contributed by atoms with van der Waals surface area (Å²) < 4.78 is 0. The van der Waals surface area contributed by atoms with Crippen LogP contribution in [0.5, 0.6) is 0 Å². The summed E-state index contributed by atoms with van der Waals surface area (Å²) in [6.45, 7) is 7.58. The Labute approximate surface area is 113 Å². The van der Waals surface area contributed by atoms with Gasteiger partial charge in [0.15, 0.2) is 0 Å². The molecule has 0 atom stereocenters. The second kappa shape index (κ2) is 5.67. The number of H-pyrrole nitrogens is 1. The van der Waals surface area contributed by atoms with Crippen LogP contribution in [0, 0.1) is 0 Å². The van der Waals surface area contributed by atoms with E-state index in [0.717, 1.165) is 12.2 Å². The molecule has 0 saturated carbocycles. The number of nitrogens with zero attached hydrogens (tertiary/aromatic N) is 1. The maximum absolute atomic E-state index is 4.17. The first-order valence-electron chi connectivity index (χ1n) is 6.43. The average molecular weight is 263 g/mol. The van der Waals surface area contributed by atoms with Crippen molar-refractivity contribution in [3.63, 3.8) is 0 Å². The fourth-order valence-corrected chi connectivity index (χ4v) is 2.88. The standard InChI is InChI=1S/C14H21N3S/c1-4-7-14(2,3)15-9-11-10-16-17-13(11)12-6-5-8-18-12/h5-6,8,10,15H,4,7,9H2,1-3H3,(H,16,17). The van der Waals surface area contributed by atoms with Crippen molar-refractivity contribution in [3.8, 4) is 10.6 Å². The molecule has 2 rings (SSSR count). The van der Waals surface area contributed by atoms with Crippen LogP contribution in [0.15, 0.2) is 23.7 Å². The summed E-state index contributed by atoms with van der Waals surface area (Å²) in [4.78, 5) is 1.25. The van der Waals surface area contributed by atoms with Crippen molar-refractivity contribution in [3.05, 3.63) is 29.3 Å². The topological polar surface area (TPSA) is 40.7 Å². The second-order valence-electron chi connectivity index (χ2n) is 5.23. The fourth-order valence-electron chi connectivity index (χ4n) is 2.13. The van der Waals surface area contributed by atoms with Gasteiger partial charge in [-0.3, -0.25) is 5.10 Å². The van der Waals surface area contributed by atoms with Gasteiger partial charge in [-0.2, -0.15) is 5.10 Å². The molecule has 0 aliphatic heterocycles. The maximum Gasteiger partial charge on any atom is 0.0794 e. The Morgan fingerprint density at radius 1 is 1.44 bits per heavy atom. The molecule has 0 spiro atoms. The number of rotatable bonds is 6. The van der Waals surface area contributed by atoms with Gasteiger partial charge in [0, 0.05) is 17.6 Å². The van der Waals surface area contributed by atoms with Crippen molar-refractivity contribution in [1.29, 1.82) is 0 Å². The Hall–Kier alpha value is -1.13. The molecule has 4 heteroatoms. The van der Waals surface area contributed by atoms with Crippen LogP contribution in [0.2, 0.25) is 0 Å². The first-order chi connectivity index (χ1) is 8.62. The van der Waals surface area contributed by atoms with E-state index in [9.17, 15) is 0 Å². The molecule has 2 aromatic rings. The van der Waals surface area contributed by atoms with Crippen LogP contribution in [0.25, 0.3) is 10.6 Å². The van der Waals surface area contributed by atoms with Crippen molar-refractivity contribution in [2.24, 2.45) is 0 Å². The predicted octanol–water partition coefficient (Wildman–Crippen LogP) is 3.81. The smallest absolute Gasteiger partial charge is 0.0794 e. The Bertz CT molecular complexity index is 471. The molecule has 18 heavy (non-hydrogen) atoms. The molecule has 2 aromatic heterocycles. The molecular formula is C14H21N3S. The van der Waals surface area contributed by atoms with Crippen molar-refractivity contribution >= 4 is 11.3 Å². The summed E-state index contributed by atoms with van der Waals surface area (Å²) in [5.74, 6) is 0. The summed E-state index contributed by atoms with van der Waals surface area (Å²) in [5, 5.41) is 13.0. The van der Waals surface area contributed by atoms with E-state index in [2.05, 4.69) is 53.8 Å². The van der Waals surface area contributed by atoms with Crippen LogP contribution in [-0.4, -0.2) is 15.7 Å². The highest BCUT2D eigenvalue weighted by molar-refractivity contribution is 7.13. The molecule has 2 heterocycles. The molecule has 0 aromatic carbocycles. The number of aromatic amines is 1. The van der Waals surface area contributed by atoms with Gasteiger partial charge in [0.05, 0.1) is 16.8 Å². The highest BCUT2D eigenvalue weighted by Gasteiger charge is 2.17. The van der Waals surface area contributed by atoms with Crippen molar-refractivity contribution < 1.29 is 0 Å². The lowest BCUT2D eigenvalue weighted by Gasteiger charge is -2.25. The minimum absolute atomic E-state index is 0.179. The third-order valence-electron chi connectivity index (χ3n) is 3.12. The molecule has 0 fully saturated rings. The summed E-state index contributed by atoms with van der Waals surface area (Å²) in [6.07, 6.45) is 4.30. The van der Waals surface area contributed by atoms with Gasteiger partial charge in [-0.1, -0.05) is 19.4 Å². The van der Waals surface area contributed by atoms with Crippen LogP contribution >= 0.6 is 11.3 Å². The van der Waals surface area contributed by atoms with E-state index in [0.29, 0.717) is 0 Å². The van der Waals surface area contributed by atoms with E-state index in [1.54, 1.807) is 11.3 Å². The van der Waals surface area contributed by atoms with Gasteiger partial charge >= 0.3 is 0 Å². The van der Waals surface area contributed by atoms with Crippen molar-refractivity contribution in [2.45, 2.75) is 45.7 Å².